The summed E-state index contributed by atoms with van der Waals surface area (Å²) in [5.74, 6) is 1.15. The van der Waals surface area contributed by atoms with Crippen LogP contribution in [-0.4, -0.2) is 4.98 Å². The third-order valence-corrected chi connectivity index (χ3v) is 4.73. The summed E-state index contributed by atoms with van der Waals surface area (Å²) >= 11 is 0. The Morgan fingerprint density at radius 2 is 2.13 bits per heavy atom. The van der Waals surface area contributed by atoms with Gasteiger partial charge in [0.05, 0.1) is 0 Å². The Labute approximate surface area is 89.7 Å². The minimum atomic E-state index is -0.328. The van der Waals surface area contributed by atoms with Gasteiger partial charge in [-0.1, -0.05) is 13.8 Å². The van der Waals surface area contributed by atoms with E-state index in [1.54, 1.807) is 12.3 Å². The van der Waals surface area contributed by atoms with Gasteiger partial charge in [-0.25, -0.2) is 4.98 Å². The van der Waals surface area contributed by atoms with Crippen LogP contribution in [0.4, 0.5) is 4.39 Å². The Bertz CT molecular complexity index is 405. The van der Waals surface area contributed by atoms with E-state index >= 15 is 0 Å². The summed E-state index contributed by atoms with van der Waals surface area (Å²) in [6.45, 7) is 4.64. The smallest absolute Gasteiger partial charge is 0.213 e. The summed E-state index contributed by atoms with van der Waals surface area (Å²) in [6, 6.07) is 1.63. The van der Waals surface area contributed by atoms with Crippen LogP contribution in [0.1, 0.15) is 37.8 Å². The molecule has 0 saturated heterocycles. The number of halogens is 1. The highest BCUT2D eigenvalue weighted by Gasteiger charge is 2.54. The zero-order chi connectivity index (χ0) is 10.6. The second-order valence-corrected chi connectivity index (χ2v) is 5.24. The number of hydrogen-bond acceptors (Lipinski definition) is 1. The summed E-state index contributed by atoms with van der Waals surface area (Å²) in [5.41, 5.74) is 2.85. The molecule has 0 bridgehead atoms. The number of hydrogen-bond donors (Lipinski definition) is 0. The molecule has 1 heterocycles. The third-order valence-electron chi connectivity index (χ3n) is 4.73. The van der Waals surface area contributed by atoms with Gasteiger partial charge in [-0.3, -0.25) is 0 Å². The lowest BCUT2D eigenvalue weighted by Crippen LogP contribution is -2.48. The molecule has 2 heteroatoms. The van der Waals surface area contributed by atoms with Crippen molar-refractivity contribution in [1.82, 2.24) is 4.98 Å². The largest absolute Gasteiger partial charge is 0.228 e. The van der Waals surface area contributed by atoms with E-state index in [2.05, 4.69) is 18.8 Å². The minimum Gasteiger partial charge on any atom is -0.228 e. The molecule has 0 aliphatic heterocycles. The molecule has 2 unspecified atom stereocenters. The van der Waals surface area contributed by atoms with Crippen molar-refractivity contribution in [3.8, 4) is 0 Å². The fourth-order valence-corrected chi connectivity index (χ4v) is 3.87. The molecular weight excluding hydrogens is 189 g/mol. The molecule has 1 spiro atoms. The second kappa shape index (κ2) is 2.81. The molecule has 1 aromatic heterocycles. The van der Waals surface area contributed by atoms with Crippen molar-refractivity contribution in [2.24, 2.45) is 11.8 Å². The van der Waals surface area contributed by atoms with Crippen LogP contribution >= 0.6 is 0 Å². The van der Waals surface area contributed by atoms with Crippen molar-refractivity contribution in [1.29, 1.82) is 0 Å². The first-order chi connectivity index (χ1) is 7.14. The lowest BCUT2D eigenvalue weighted by Gasteiger charge is -2.52. The topological polar surface area (TPSA) is 12.9 Å². The van der Waals surface area contributed by atoms with Crippen LogP contribution < -0.4 is 0 Å². The fraction of sp³-hybridized carbons (Fsp3) is 0.615. The van der Waals surface area contributed by atoms with Gasteiger partial charge in [-0.05, 0) is 48.3 Å². The van der Waals surface area contributed by atoms with Gasteiger partial charge in [0, 0.05) is 11.6 Å². The van der Waals surface area contributed by atoms with E-state index < -0.39 is 0 Å². The molecular formula is C13H16FN. The Kier molecular flexibility index (Phi) is 1.74. The molecule has 1 aromatic rings. The average molecular weight is 205 g/mol. The molecule has 3 rings (SSSR count). The SMILES string of the molecule is CC1CC(C)C12CCc1cc(F)ncc12. The van der Waals surface area contributed by atoms with Crippen LogP contribution in [0, 0.1) is 17.8 Å². The highest BCUT2D eigenvalue weighted by Crippen LogP contribution is 2.59. The number of aryl methyl sites for hydroxylation is 1. The van der Waals surface area contributed by atoms with Crippen molar-refractivity contribution >= 4 is 0 Å². The van der Waals surface area contributed by atoms with Crippen LogP contribution in [-0.2, 0) is 11.8 Å². The lowest BCUT2D eigenvalue weighted by molar-refractivity contribution is 0.0520. The maximum Gasteiger partial charge on any atom is 0.213 e. The molecule has 0 radical (unpaired) electrons. The van der Waals surface area contributed by atoms with E-state index in [1.807, 2.05) is 0 Å². The highest BCUT2D eigenvalue weighted by atomic mass is 19.1. The lowest BCUT2D eigenvalue weighted by atomic mass is 9.52. The van der Waals surface area contributed by atoms with Crippen LogP contribution in [0.3, 0.4) is 0 Å². The van der Waals surface area contributed by atoms with E-state index in [-0.39, 0.29) is 5.95 Å². The molecule has 0 amide bonds. The van der Waals surface area contributed by atoms with Gasteiger partial charge in [0.1, 0.15) is 0 Å². The molecule has 1 nitrogen and oxygen atoms in total. The molecule has 0 N–H and O–H groups in total. The quantitative estimate of drug-likeness (QED) is 0.593. The third kappa shape index (κ3) is 1.000. The average Bonchev–Trinajstić information content (AvgIpc) is 2.59. The Morgan fingerprint density at radius 3 is 2.80 bits per heavy atom. The second-order valence-electron chi connectivity index (χ2n) is 5.24. The van der Waals surface area contributed by atoms with Crippen molar-refractivity contribution in [2.45, 2.75) is 38.5 Å². The molecule has 1 fully saturated rings. The summed E-state index contributed by atoms with van der Waals surface area (Å²) in [4.78, 5) is 3.83. The number of pyridine rings is 1. The maximum atomic E-state index is 13.0. The normalized spacial score (nSPS) is 37.8. The molecule has 80 valence electrons. The van der Waals surface area contributed by atoms with Crippen LogP contribution in [0.2, 0.25) is 0 Å². The standard InChI is InChI=1S/C13H16FN/c1-8-5-9(2)13(8)4-3-10-6-12(14)15-7-11(10)13/h6-9H,3-5H2,1-2H3. The Balaban J connectivity index is 2.12. The van der Waals surface area contributed by atoms with Crippen LogP contribution in [0.15, 0.2) is 12.3 Å². The number of rotatable bonds is 0. The molecule has 1 saturated carbocycles. The maximum absolute atomic E-state index is 13.0. The van der Waals surface area contributed by atoms with Gasteiger partial charge in [-0.2, -0.15) is 4.39 Å². The first-order valence-electron chi connectivity index (χ1n) is 5.79. The summed E-state index contributed by atoms with van der Waals surface area (Å²) in [5, 5.41) is 0. The van der Waals surface area contributed by atoms with Gasteiger partial charge >= 0.3 is 0 Å². The molecule has 2 aliphatic rings. The minimum absolute atomic E-state index is 0.328. The predicted octanol–water partition coefficient (Wildman–Crippen LogP) is 3.08. The van der Waals surface area contributed by atoms with E-state index in [1.165, 1.54) is 24.0 Å². The van der Waals surface area contributed by atoms with Gasteiger partial charge < -0.3 is 0 Å². The molecule has 2 aliphatic carbocycles. The number of aromatic nitrogens is 1. The molecule has 2 atom stereocenters. The van der Waals surface area contributed by atoms with Crippen LogP contribution in [0.25, 0.3) is 0 Å². The van der Waals surface area contributed by atoms with Gasteiger partial charge in [-0.15, -0.1) is 0 Å². The van der Waals surface area contributed by atoms with Crippen molar-refractivity contribution in [3.05, 3.63) is 29.3 Å². The summed E-state index contributed by atoms with van der Waals surface area (Å²) < 4.78 is 13.0. The summed E-state index contributed by atoms with van der Waals surface area (Å²) in [7, 11) is 0. The number of fused-ring (bicyclic) bond motifs is 2. The zero-order valence-electron chi connectivity index (χ0n) is 9.26. The molecule has 15 heavy (non-hydrogen) atoms. The summed E-state index contributed by atoms with van der Waals surface area (Å²) in [6.07, 6.45) is 5.31. The Hall–Kier alpha value is -0.920. The van der Waals surface area contributed by atoms with Gasteiger partial charge in [0.15, 0.2) is 0 Å². The van der Waals surface area contributed by atoms with E-state index in [0.717, 1.165) is 18.3 Å². The highest BCUT2D eigenvalue weighted by molar-refractivity contribution is 5.41. The van der Waals surface area contributed by atoms with Gasteiger partial charge in [0.25, 0.3) is 0 Å². The first kappa shape index (κ1) is 9.32. The van der Waals surface area contributed by atoms with E-state index in [9.17, 15) is 4.39 Å². The van der Waals surface area contributed by atoms with Gasteiger partial charge in [0.2, 0.25) is 5.95 Å². The zero-order valence-corrected chi connectivity index (χ0v) is 9.26. The van der Waals surface area contributed by atoms with Crippen molar-refractivity contribution in [2.75, 3.05) is 0 Å². The monoisotopic (exact) mass is 205 g/mol. The van der Waals surface area contributed by atoms with E-state index in [4.69, 9.17) is 0 Å². The van der Waals surface area contributed by atoms with E-state index in [0.29, 0.717) is 5.41 Å². The Morgan fingerprint density at radius 1 is 1.40 bits per heavy atom. The van der Waals surface area contributed by atoms with Crippen LogP contribution in [0.5, 0.6) is 0 Å². The molecule has 0 aromatic carbocycles. The number of nitrogens with zero attached hydrogens (tertiary/aromatic N) is 1. The van der Waals surface area contributed by atoms with Crippen molar-refractivity contribution < 1.29 is 4.39 Å². The van der Waals surface area contributed by atoms with Crippen molar-refractivity contribution in [3.63, 3.8) is 0 Å². The fourth-order valence-electron chi connectivity index (χ4n) is 3.87. The first-order valence-corrected chi connectivity index (χ1v) is 5.79. The predicted molar refractivity (Wildman–Crippen MR) is 57.1 cm³/mol.